The summed E-state index contributed by atoms with van der Waals surface area (Å²) < 4.78 is 0. The number of likely N-dealkylation sites (tertiary alicyclic amines) is 1. The van der Waals surface area contributed by atoms with E-state index >= 15 is 0 Å². The maximum Gasteiger partial charge on any atom is 0.243 e. The zero-order valence-electron chi connectivity index (χ0n) is 8.66. The van der Waals surface area contributed by atoms with Crippen molar-refractivity contribution in [3.05, 3.63) is 0 Å². The van der Waals surface area contributed by atoms with Crippen LogP contribution in [0.4, 0.5) is 0 Å². The molecule has 1 unspecified atom stereocenters. The molecule has 84 valence electrons. The molecule has 0 aromatic rings. The highest BCUT2D eigenvalue weighted by atomic mass is 16.2. The molecule has 6 nitrogen and oxygen atoms in total. The molecule has 0 radical (unpaired) electrons. The fraction of sp³-hybridized carbons (Fsp3) is 0.667. The van der Waals surface area contributed by atoms with Crippen LogP contribution in [0.15, 0.2) is 0 Å². The number of hydrogen-bond donors (Lipinski definition) is 2. The molecule has 0 bridgehead atoms. The lowest BCUT2D eigenvalue weighted by molar-refractivity contribution is -0.137. The third-order valence-corrected chi connectivity index (χ3v) is 2.40. The van der Waals surface area contributed by atoms with E-state index < -0.39 is 11.9 Å². The number of hydrogen-bond acceptors (Lipinski definition) is 3. The number of primary amides is 1. The molecule has 1 saturated heterocycles. The van der Waals surface area contributed by atoms with Gasteiger partial charge in [0.1, 0.15) is 6.04 Å². The van der Waals surface area contributed by atoms with Crippen LogP contribution in [-0.2, 0) is 14.4 Å². The molecule has 0 aliphatic carbocycles. The second kappa shape index (κ2) is 4.77. The van der Waals surface area contributed by atoms with Crippen molar-refractivity contribution in [2.75, 3.05) is 13.1 Å². The van der Waals surface area contributed by atoms with Crippen molar-refractivity contribution >= 4 is 17.7 Å². The van der Waals surface area contributed by atoms with Gasteiger partial charge in [0.05, 0.1) is 6.54 Å². The van der Waals surface area contributed by atoms with Crippen molar-refractivity contribution in [2.45, 2.75) is 25.8 Å². The average molecular weight is 213 g/mol. The minimum atomic E-state index is -0.587. The van der Waals surface area contributed by atoms with Crippen LogP contribution >= 0.6 is 0 Å². The third-order valence-electron chi connectivity index (χ3n) is 2.40. The van der Waals surface area contributed by atoms with E-state index in [0.717, 1.165) is 6.42 Å². The smallest absolute Gasteiger partial charge is 0.243 e. The molecule has 0 aromatic carbocycles. The lowest BCUT2D eigenvalue weighted by Gasteiger charge is -2.21. The van der Waals surface area contributed by atoms with Crippen LogP contribution in [0.3, 0.4) is 0 Å². The topological polar surface area (TPSA) is 92.5 Å². The Hall–Kier alpha value is -1.59. The Kier molecular flexibility index (Phi) is 3.65. The Morgan fingerprint density at radius 1 is 1.47 bits per heavy atom. The van der Waals surface area contributed by atoms with Gasteiger partial charge in [-0.3, -0.25) is 14.4 Å². The Labute approximate surface area is 87.8 Å². The first-order chi connectivity index (χ1) is 7.02. The zero-order valence-corrected chi connectivity index (χ0v) is 8.66. The van der Waals surface area contributed by atoms with Crippen LogP contribution in [-0.4, -0.2) is 41.8 Å². The van der Waals surface area contributed by atoms with Gasteiger partial charge in [-0.25, -0.2) is 0 Å². The molecular weight excluding hydrogens is 198 g/mol. The van der Waals surface area contributed by atoms with Crippen LogP contribution in [0.25, 0.3) is 0 Å². The van der Waals surface area contributed by atoms with Gasteiger partial charge in [0.25, 0.3) is 0 Å². The predicted octanol–water partition coefficient (Wildman–Crippen LogP) is -1.40. The van der Waals surface area contributed by atoms with E-state index in [4.69, 9.17) is 5.73 Å². The van der Waals surface area contributed by atoms with Crippen LogP contribution in [0.2, 0.25) is 0 Å². The van der Waals surface area contributed by atoms with Gasteiger partial charge in [0.2, 0.25) is 17.7 Å². The molecule has 1 heterocycles. The van der Waals surface area contributed by atoms with E-state index in [1.807, 2.05) is 0 Å². The molecule has 6 heteroatoms. The Morgan fingerprint density at radius 3 is 2.67 bits per heavy atom. The van der Waals surface area contributed by atoms with Gasteiger partial charge in [-0.15, -0.1) is 0 Å². The normalized spacial score (nSPS) is 20.1. The molecule has 15 heavy (non-hydrogen) atoms. The molecule has 1 rings (SSSR count). The first kappa shape index (κ1) is 11.5. The molecule has 0 spiro atoms. The largest absolute Gasteiger partial charge is 0.368 e. The second-order valence-electron chi connectivity index (χ2n) is 3.55. The first-order valence-corrected chi connectivity index (χ1v) is 4.85. The highest BCUT2D eigenvalue weighted by Gasteiger charge is 2.32. The Morgan fingerprint density at radius 2 is 2.13 bits per heavy atom. The summed E-state index contributed by atoms with van der Waals surface area (Å²) in [7, 11) is 0. The van der Waals surface area contributed by atoms with Crippen molar-refractivity contribution < 1.29 is 14.4 Å². The monoisotopic (exact) mass is 213 g/mol. The van der Waals surface area contributed by atoms with Gasteiger partial charge in [-0.1, -0.05) is 0 Å². The summed E-state index contributed by atoms with van der Waals surface area (Å²) in [4.78, 5) is 34.7. The van der Waals surface area contributed by atoms with Gasteiger partial charge in [0, 0.05) is 13.5 Å². The van der Waals surface area contributed by atoms with E-state index in [2.05, 4.69) is 5.32 Å². The number of nitrogens with one attached hydrogen (secondary N) is 1. The Bertz CT molecular complexity index is 290. The van der Waals surface area contributed by atoms with Crippen LogP contribution < -0.4 is 11.1 Å². The number of rotatable bonds is 3. The number of carbonyl (C=O) groups is 3. The predicted molar refractivity (Wildman–Crippen MR) is 52.6 cm³/mol. The summed E-state index contributed by atoms with van der Waals surface area (Å²) in [6, 6.07) is -0.443. The second-order valence-corrected chi connectivity index (χ2v) is 3.55. The molecule has 1 fully saturated rings. The highest BCUT2D eigenvalue weighted by molar-refractivity contribution is 5.90. The van der Waals surface area contributed by atoms with Gasteiger partial charge >= 0.3 is 0 Å². The standard InChI is InChI=1S/C9H15N3O3/c1-6(13)12-4-2-3-7(12)9(15)11-5-8(10)14/h7H,2-5H2,1H3,(H2,10,14)(H,11,15). The molecule has 0 saturated carbocycles. The number of amides is 3. The van der Waals surface area contributed by atoms with E-state index in [1.165, 1.54) is 11.8 Å². The first-order valence-electron chi connectivity index (χ1n) is 4.85. The van der Waals surface area contributed by atoms with E-state index in [-0.39, 0.29) is 18.4 Å². The lowest BCUT2D eigenvalue weighted by atomic mass is 10.2. The SMILES string of the molecule is CC(=O)N1CCCC1C(=O)NCC(N)=O. The minimum Gasteiger partial charge on any atom is -0.368 e. The van der Waals surface area contributed by atoms with Gasteiger partial charge in [-0.2, -0.15) is 0 Å². The maximum absolute atomic E-state index is 11.6. The van der Waals surface area contributed by atoms with E-state index in [1.54, 1.807) is 0 Å². The average Bonchev–Trinajstić information content (AvgIpc) is 2.62. The van der Waals surface area contributed by atoms with Gasteiger partial charge in [-0.05, 0) is 12.8 Å². The van der Waals surface area contributed by atoms with Crippen molar-refractivity contribution in [1.82, 2.24) is 10.2 Å². The lowest BCUT2D eigenvalue weighted by Crippen LogP contribution is -2.47. The maximum atomic E-state index is 11.6. The van der Waals surface area contributed by atoms with Crippen molar-refractivity contribution in [1.29, 1.82) is 0 Å². The summed E-state index contributed by atoms with van der Waals surface area (Å²) >= 11 is 0. The molecule has 0 aromatic heterocycles. The molecule has 1 aliphatic heterocycles. The Balaban J connectivity index is 2.51. The summed E-state index contributed by atoms with van der Waals surface area (Å²) in [5, 5.41) is 2.40. The molecular formula is C9H15N3O3. The molecule has 3 amide bonds. The third kappa shape index (κ3) is 2.93. The van der Waals surface area contributed by atoms with Crippen LogP contribution in [0.5, 0.6) is 0 Å². The molecule has 1 aliphatic rings. The summed E-state index contributed by atoms with van der Waals surface area (Å²) in [5.74, 6) is -1.01. The number of nitrogens with zero attached hydrogens (tertiary/aromatic N) is 1. The molecule has 1 atom stereocenters. The fourth-order valence-electron chi connectivity index (χ4n) is 1.71. The summed E-state index contributed by atoms with van der Waals surface area (Å²) in [6.07, 6.45) is 1.46. The summed E-state index contributed by atoms with van der Waals surface area (Å²) in [5.41, 5.74) is 4.90. The number of carbonyl (C=O) groups excluding carboxylic acids is 3. The highest BCUT2D eigenvalue weighted by Crippen LogP contribution is 2.16. The minimum absolute atomic E-state index is 0.119. The van der Waals surface area contributed by atoms with Crippen molar-refractivity contribution in [3.8, 4) is 0 Å². The van der Waals surface area contributed by atoms with Crippen LogP contribution in [0.1, 0.15) is 19.8 Å². The molecule has 3 N–H and O–H groups in total. The van der Waals surface area contributed by atoms with E-state index in [9.17, 15) is 14.4 Å². The van der Waals surface area contributed by atoms with Crippen molar-refractivity contribution in [2.24, 2.45) is 5.73 Å². The zero-order chi connectivity index (χ0) is 11.4. The number of nitrogens with two attached hydrogens (primary N) is 1. The quantitative estimate of drug-likeness (QED) is 0.603. The van der Waals surface area contributed by atoms with Crippen molar-refractivity contribution in [3.63, 3.8) is 0 Å². The van der Waals surface area contributed by atoms with Gasteiger partial charge in [0.15, 0.2) is 0 Å². The van der Waals surface area contributed by atoms with Crippen LogP contribution in [0, 0.1) is 0 Å². The van der Waals surface area contributed by atoms with Gasteiger partial charge < -0.3 is 16.0 Å². The fourth-order valence-corrected chi connectivity index (χ4v) is 1.71. The van der Waals surface area contributed by atoms with E-state index in [0.29, 0.717) is 13.0 Å². The summed E-state index contributed by atoms with van der Waals surface area (Å²) in [6.45, 7) is 1.85.